The summed E-state index contributed by atoms with van der Waals surface area (Å²) in [5, 5.41) is 6.63. The standard InChI is InChI=1S/C22H26FN7O2/c1-26-19-18(20(31)27(2)22(26)32)29-14-17(15-6-8-16(23)9-7-15)25-30(21(29)24-19)13-12-28-10-4-3-5-11-28/h6-9H,3-5,10-14H2,1-2H3. The van der Waals surface area contributed by atoms with Crippen LogP contribution >= 0.6 is 0 Å². The molecular formula is C22H26FN7O2. The third-order valence-electron chi connectivity index (χ3n) is 6.36. The van der Waals surface area contributed by atoms with Crippen LogP contribution in [0.1, 0.15) is 24.8 Å². The predicted octanol–water partition coefficient (Wildman–Crippen LogP) is 1.28. The molecule has 0 unspecified atom stereocenters. The summed E-state index contributed by atoms with van der Waals surface area (Å²) in [6.45, 7) is 3.86. The summed E-state index contributed by atoms with van der Waals surface area (Å²) in [7, 11) is 3.08. The van der Waals surface area contributed by atoms with Crippen molar-refractivity contribution < 1.29 is 4.39 Å². The Bertz CT molecular complexity index is 1310. The van der Waals surface area contributed by atoms with Crippen molar-refractivity contribution in [3.8, 4) is 0 Å². The molecule has 2 aromatic heterocycles. The lowest BCUT2D eigenvalue weighted by Gasteiger charge is -2.30. The number of benzene rings is 1. The predicted molar refractivity (Wildman–Crippen MR) is 121 cm³/mol. The zero-order chi connectivity index (χ0) is 22.4. The smallest absolute Gasteiger partial charge is 0.301 e. The van der Waals surface area contributed by atoms with E-state index in [1.807, 2.05) is 4.57 Å². The van der Waals surface area contributed by atoms with Crippen LogP contribution in [-0.4, -0.2) is 55.5 Å². The van der Waals surface area contributed by atoms with Gasteiger partial charge in [-0.3, -0.25) is 18.5 Å². The summed E-state index contributed by atoms with van der Waals surface area (Å²) in [5.41, 5.74) is 1.39. The molecule has 2 aliphatic heterocycles. The Morgan fingerprint density at radius 2 is 1.69 bits per heavy atom. The van der Waals surface area contributed by atoms with Gasteiger partial charge in [0.1, 0.15) is 5.82 Å². The minimum Gasteiger partial charge on any atom is -0.301 e. The minimum absolute atomic E-state index is 0.311. The van der Waals surface area contributed by atoms with Crippen molar-refractivity contribution in [2.45, 2.75) is 25.8 Å². The lowest BCUT2D eigenvalue weighted by atomic mass is 10.1. The fourth-order valence-electron chi connectivity index (χ4n) is 4.51. The van der Waals surface area contributed by atoms with Gasteiger partial charge in [0.2, 0.25) is 5.95 Å². The van der Waals surface area contributed by atoms with E-state index in [1.165, 1.54) is 43.0 Å². The van der Waals surface area contributed by atoms with Crippen LogP contribution in [0.15, 0.2) is 39.0 Å². The fraction of sp³-hybridized carbons (Fsp3) is 0.455. The number of imidazole rings is 1. The quantitative estimate of drug-likeness (QED) is 0.612. The first-order valence-corrected chi connectivity index (χ1v) is 10.9. The van der Waals surface area contributed by atoms with Crippen LogP contribution < -0.4 is 16.3 Å². The van der Waals surface area contributed by atoms with Gasteiger partial charge in [-0.2, -0.15) is 10.1 Å². The van der Waals surface area contributed by atoms with Crippen LogP contribution in [0.4, 0.5) is 10.3 Å². The van der Waals surface area contributed by atoms with Crippen molar-refractivity contribution in [2.24, 2.45) is 19.2 Å². The Balaban J connectivity index is 1.61. The third-order valence-corrected chi connectivity index (χ3v) is 6.36. The summed E-state index contributed by atoms with van der Waals surface area (Å²) in [5.74, 6) is 0.228. The van der Waals surface area contributed by atoms with Gasteiger partial charge in [0.25, 0.3) is 5.56 Å². The normalized spacial score (nSPS) is 17.0. The number of halogens is 1. The summed E-state index contributed by atoms with van der Waals surface area (Å²) in [6.07, 6.45) is 3.65. The van der Waals surface area contributed by atoms with Crippen molar-refractivity contribution in [1.82, 2.24) is 23.6 Å². The summed E-state index contributed by atoms with van der Waals surface area (Å²) >= 11 is 0. The molecular weight excluding hydrogens is 413 g/mol. The molecule has 0 aliphatic carbocycles. The molecule has 5 rings (SSSR count). The average Bonchev–Trinajstić information content (AvgIpc) is 3.21. The van der Waals surface area contributed by atoms with Gasteiger partial charge in [-0.15, -0.1) is 0 Å². The van der Waals surface area contributed by atoms with Gasteiger partial charge in [0, 0.05) is 20.6 Å². The Morgan fingerprint density at radius 3 is 2.41 bits per heavy atom. The van der Waals surface area contributed by atoms with Crippen LogP contribution in [0, 0.1) is 5.82 Å². The molecule has 2 aliphatic rings. The molecule has 168 valence electrons. The minimum atomic E-state index is -0.419. The lowest BCUT2D eigenvalue weighted by Crippen LogP contribution is -2.40. The Morgan fingerprint density at radius 1 is 0.969 bits per heavy atom. The van der Waals surface area contributed by atoms with Crippen LogP contribution in [0.2, 0.25) is 0 Å². The Labute approximate surface area is 184 Å². The van der Waals surface area contributed by atoms with Crippen LogP contribution in [0.5, 0.6) is 0 Å². The molecule has 9 nitrogen and oxygen atoms in total. The molecule has 10 heteroatoms. The van der Waals surface area contributed by atoms with E-state index in [-0.39, 0.29) is 5.82 Å². The second-order valence-electron chi connectivity index (χ2n) is 8.45. The van der Waals surface area contributed by atoms with Gasteiger partial charge in [-0.05, 0) is 43.6 Å². The number of likely N-dealkylation sites (tertiary alicyclic amines) is 1. The van der Waals surface area contributed by atoms with E-state index in [2.05, 4.69) is 9.88 Å². The van der Waals surface area contributed by atoms with Crippen LogP contribution in [0.25, 0.3) is 11.2 Å². The fourth-order valence-corrected chi connectivity index (χ4v) is 4.51. The molecule has 1 aromatic carbocycles. The SMILES string of the molecule is Cn1c(=O)c2c(nc3n2CC(c2ccc(F)cc2)=NN3CCN2CCCCC2)n(C)c1=O. The molecule has 0 amide bonds. The molecule has 0 N–H and O–H groups in total. The van der Waals surface area contributed by atoms with E-state index in [1.54, 1.807) is 24.2 Å². The second kappa shape index (κ2) is 8.01. The highest BCUT2D eigenvalue weighted by molar-refractivity contribution is 6.02. The third kappa shape index (κ3) is 3.44. The van der Waals surface area contributed by atoms with Crippen LogP contribution in [0.3, 0.4) is 0 Å². The molecule has 3 aromatic rings. The molecule has 0 spiro atoms. The maximum absolute atomic E-state index is 13.5. The van der Waals surface area contributed by atoms with Crippen LogP contribution in [-0.2, 0) is 20.6 Å². The number of aromatic nitrogens is 4. The molecule has 0 radical (unpaired) electrons. The highest BCUT2D eigenvalue weighted by Gasteiger charge is 2.28. The topological polar surface area (TPSA) is 80.7 Å². The van der Waals surface area contributed by atoms with E-state index in [0.29, 0.717) is 35.9 Å². The average molecular weight is 439 g/mol. The number of piperidine rings is 1. The Hall–Kier alpha value is -3.27. The molecule has 0 atom stereocenters. The van der Waals surface area contributed by atoms with Gasteiger partial charge < -0.3 is 4.90 Å². The van der Waals surface area contributed by atoms with E-state index in [4.69, 9.17) is 5.10 Å². The van der Waals surface area contributed by atoms with Crippen molar-refractivity contribution in [3.05, 3.63) is 56.5 Å². The largest absolute Gasteiger partial charge is 0.332 e. The number of hydrazone groups is 1. The number of hydrogen-bond donors (Lipinski definition) is 0. The summed E-state index contributed by atoms with van der Waals surface area (Å²) in [4.78, 5) is 32.5. The first-order chi connectivity index (χ1) is 15.4. The van der Waals surface area contributed by atoms with E-state index >= 15 is 0 Å². The molecule has 32 heavy (non-hydrogen) atoms. The van der Waals surface area contributed by atoms with Gasteiger partial charge in [-0.25, -0.2) is 14.2 Å². The maximum atomic E-state index is 13.5. The van der Waals surface area contributed by atoms with Gasteiger partial charge in [0.15, 0.2) is 11.2 Å². The van der Waals surface area contributed by atoms with Gasteiger partial charge >= 0.3 is 5.69 Å². The zero-order valence-corrected chi connectivity index (χ0v) is 18.3. The summed E-state index contributed by atoms with van der Waals surface area (Å²) in [6, 6.07) is 6.18. The van der Waals surface area contributed by atoms with E-state index in [0.717, 1.165) is 29.8 Å². The molecule has 1 saturated heterocycles. The van der Waals surface area contributed by atoms with Crippen molar-refractivity contribution in [1.29, 1.82) is 0 Å². The number of anilines is 1. The first-order valence-electron chi connectivity index (χ1n) is 10.9. The van der Waals surface area contributed by atoms with Gasteiger partial charge in [0.05, 0.1) is 18.8 Å². The number of hydrogen-bond acceptors (Lipinski definition) is 6. The number of rotatable bonds is 4. The van der Waals surface area contributed by atoms with Gasteiger partial charge in [-0.1, -0.05) is 18.6 Å². The molecule has 0 bridgehead atoms. The first kappa shape index (κ1) is 20.6. The van der Waals surface area contributed by atoms with Crippen molar-refractivity contribution >= 4 is 22.8 Å². The number of fused-ring (bicyclic) bond motifs is 3. The van der Waals surface area contributed by atoms with Crippen molar-refractivity contribution in [3.63, 3.8) is 0 Å². The number of aryl methyl sites for hydroxylation is 1. The monoisotopic (exact) mass is 439 g/mol. The lowest BCUT2D eigenvalue weighted by molar-refractivity contribution is 0.233. The second-order valence-corrected chi connectivity index (χ2v) is 8.45. The highest BCUT2D eigenvalue weighted by Crippen LogP contribution is 2.25. The van der Waals surface area contributed by atoms with Crippen molar-refractivity contribution in [2.75, 3.05) is 31.2 Å². The molecule has 1 fully saturated rings. The molecule has 4 heterocycles. The van der Waals surface area contributed by atoms with E-state index in [9.17, 15) is 14.0 Å². The molecule has 0 saturated carbocycles. The zero-order valence-electron chi connectivity index (χ0n) is 18.3. The maximum Gasteiger partial charge on any atom is 0.332 e. The highest BCUT2D eigenvalue weighted by atomic mass is 19.1. The summed E-state index contributed by atoms with van der Waals surface area (Å²) < 4.78 is 17.8. The Kier molecular flexibility index (Phi) is 5.16. The number of nitrogens with zero attached hydrogens (tertiary/aromatic N) is 7. The van der Waals surface area contributed by atoms with E-state index < -0.39 is 11.2 Å².